The van der Waals surface area contributed by atoms with E-state index in [0.717, 1.165) is 83.1 Å². The number of hydrogen-bond acceptors (Lipinski definition) is 7. The predicted octanol–water partition coefficient (Wildman–Crippen LogP) is 3.72. The fraction of sp³-hybridized carbons (Fsp3) is 0.552. The van der Waals surface area contributed by atoms with Gasteiger partial charge in [-0.3, -0.25) is 14.6 Å². The minimum atomic E-state index is -0.0693. The van der Waals surface area contributed by atoms with Crippen LogP contribution in [0.15, 0.2) is 60.7 Å². The number of ether oxygens (including phenoxy) is 3. The van der Waals surface area contributed by atoms with E-state index in [-0.39, 0.29) is 11.9 Å². The van der Waals surface area contributed by atoms with Gasteiger partial charge in [-0.1, -0.05) is 36.4 Å². The third-order valence-corrected chi connectivity index (χ3v) is 6.93. The minimum Gasteiger partial charge on any atom is -0.492 e. The highest BCUT2D eigenvalue weighted by molar-refractivity contribution is 5.72. The average molecular weight is 499 g/mol. The van der Waals surface area contributed by atoms with Gasteiger partial charge in [0.1, 0.15) is 24.7 Å². The van der Waals surface area contributed by atoms with E-state index in [0.29, 0.717) is 19.1 Å². The molecule has 0 aliphatic carbocycles. The van der Waals surface area contributed by atoms with Crippen LogP contribution in [0.2, 0.25) is 0 Å². The van der Waals surface area contributed by atoms with Crippen LogP contribution in [0.4, 0.5) is 0 Å². The van der Waals surface area contributed by atoms with Crippen molar-refractivity contribution in [3.8, 4) is 11.5 Å². The normalized spacial score (nSPS) is 17.6. The minimum absolute atomic E-state index is 0.0693. The topological polar surface area (TPSA) is 71.5 Å². The molecular weight excluding hydrogens is 456 g/mol. The Morgan fingerprint density at radius 3 is 1.64 bits per heavy atom. The van der Waals surface area contributed by atoms with Gasteiger partial charge in [0.15, 0.2) is 0 Å². The van der Waals surface area contributed by atoms with Crippen LogP contribution >= 0.6 is 0 Å². The average Bonchev–Trinajstić information content (AvgIpc) is 2.95. The highest BCUT2D eigenvalue weighted by atomic mass is 16.5. The maximum absolute atomic E-state index is 11.4. The molecule has 2 aromatic carbocycles. The molecule has 2 aliphatic heterocycles. The van der Waals surface area contributed by atoms with Crippen molar-refractivity contribution in [3.63, 3.8) is 0 Å². The molecule has 0 unspecified atom stereocenters. The van der Waals surface area contributed by atoms with Crippen LogP contribution in [0, 0.1) is 11.8 Å². The summed E-state index contributed by atoms with van der Waals surface area (Å²) in [6, 6.07) is 19.8. The second-order valence-electron chi connectivity index (χ2n) is 9.43. The fourth-order valence-corrected chi connectivity index (χ4v) is 4.57. The monoisotopic (exact) mass is 498 g/mol. The number of carbonyl (C=O) groups excluding carboxylic acids is 1. The Hall–Kier alpha value is -2.61. The van der Waals surface area contributed by atoms with Gasteiger partial charge >= 0.3 is 5.97 Å². The van der Waals surface area contributed by atoms with Crippen molar-refractivity contribution in [3.05, 3.63) is 60.7 Å². The molecular formula is C29H42N2O5. The van der Waals surface area contributed by atoms with E-state index in [2.05, 4.69) is 9.80 Å². The Labute approximate surface area is 216 Å². The zero-order chi connectivity index (χ0) is 25.4. The summed E-state index contributed by atoms with van der Waals surface area (Å²) in [5.74, 6) is 2.38. The molecule has 2 saturated heterocycles. The van der Waals surface area contributed by atoms with Crippen molar-refractivity contribution in [1.82, 2.24) is 9.80 Å². The SMILES string of the molecule is COC(=O)C1CCN(CCOc2ccccc2)CC1.OCC1CCN(CCOc2ccccc2)CC1. The second kappa shape index (κ2) is 16.2. The highest BCUT2D eigenvalue weighted by Crippen LogP contribution is 2.18. The van der Waals surface area contributed by atoms with Gasteiger partial charge in [0, 0.05) is 19.7 Å². The highest BCUT2D eigenvalue weighted by Gasteiger charge is 2.25. The van der Waals surface area contributed by atoms with Crippen LogP contribution in [0.1, 0.15) is 25.7 Å². The smallest absolute Gasteiger partial charge is 0.308 e. The zero-order valence-electron chi connectivity index (χ0n) is 21.6. The molecule has 1 N–H and O–H groups in total. The van der Waals surface area contributed by atoms with Crippen LogP contribution in [0.25, 0.3) is 0 Å². The number of para-hydroxylation sites is 2. The number of methoxy groups -OCH3 is 1. The standard InChI is InChI=1S/C15H21NO3.C14H21NO2/c1-18-15(17)13-7-9-16(10-8-13)11-12-19-14-5-3-2-4-6-14;16-12-13-6-8-15(9-7-13)10-11-17-14-4-2-1-3-5-14/h2-6,13H,7-12H2,1H3;1-5,13,16H,6-12H2. The van der Waals surface area contributed by atoms with Crippen LogP contribution in [0.5, 0.6) is 11.5 Å². The molecule has 0 aromatic heterocycles. The van der Waals surface area contributed by atoms with Gasteiger partial charge in [-0.2, -0.15) is 0 Å². The molecule has 0 atom stereocenters. The molecule has 7 heteroatoms. The molecule has 0 radical (unpaired) electrons. The van der Waals surface area contributed by atoms with Gasteiger partial charge in [-0.25, -0.2) is 0 Å². The number of nitrogens with zero attached hydrogens (tertiary/aromatic N) is 2. The van der Waals surface area contributed by atoms with Crippen LogP contribution < -0.4 is 9.47 Å². The summed E-state index contributed by atoms with van der Waals surface area (Å²) in [6.45, 7) is 7.72. The molecule has 0 amide bonds. The summed E-state index contributed by atoms with van der Waals surface area (Å²) in [4.78, 5) is 16.2. The number of rotatable bonds is 10. The van der Waals surface area contributed by atoms with E-state index in [1.165, 1.54) is 7.11 Å². The van der Waals surface area contributed by atoms with Crippen LogP contribution in [-0.2, 0) is 9.53 Å². The van der Waals surface area contributed by atoms with E-state index in [1.807, 2.05) is 60.7 Å². The molecule has 4 rings (SSSR count). The van der Waals surface area contributed by atoms with Gasteiger partial charge in [-0.05, 0) is 82.0 Å². The van der Waals surface area contributed by atoms with Crippen molar-refractivity contribution in [2.45, 2.75) is 25.7 Å². The molecule has 0 spiro atoms. The van der Waals surface area contributed by atoms with E-state index < -0.39 is 0 Å². The first-order valence-electron chi connectivity index (χ1n) is 13.2. The summed E-state index contributed by atoms with van der Waals surface area (Å²) >= 11 is 0. The van der Waals surface area contributed by atoms with E-state index in [4.69, 9.17) is 19.3 Å². The van der Waals surface area contributed by atoms with Crippen molar-refractivity contribution in [2.75, 3.05) is 66.2 Å². The number of likely N-dealkylation sites (tertiary alicyclic amines) is 2. The van der Waals surface area contributed by atoms with Crippen LogP contribution in [-0.4, -0.2) is 87.1 Å². The third-order valence-electron chi connectivity index (χ3n) is 6.93. The molecule has 2 heterocycles. The van der Waals surface area contributed by atoms with Crippen molar-refractivity contribution in [2.24, 2.45) is 11.8 Å². The summed E-state index contributed by atoms with van der Waals surface area (Å²) in [5.41, 5.74) is 0. The second-order valence-corrected chi connectivity index (χ2v) is 9.43. The van der Waals surface area contributed by atoms with Gasteiger partial charge < -0.3 is 19.3 Å². The number of hydrogen-bond donors (Lipinski definition) is 1. The quantitative estimate of drug-likeness (QED) is 0.501. The Kier molecular flexibility index (Phi) is 12.6. The van der Waals surface area contributed by atoms with E-state index in [9.17, 15) is 4.79 Å². The first-order chi connectivity index (χ1) is 17.7. The lowest BCUT2D eigenvalue weighted by atomic mass is 9.97. The molecule has 0 bridgehead atoms. The lowest BCUT2D eigenvalue weighted by Gasteiger charge is -2.30. The fourth-order valence-electron chi connectivity index (χ4n) is 4.57. The number of aliphatic hydroxyl groups is 1. The molecule has 198 valence electrons. The van der Waals surface area contributed by atoms with E-state index >= 15 is 0 Å². The number of piperidine rings is 2. The molecule has 0 saturated carbocycles. The molecule has 36 heavy (non-hydrogen) atoms. The van der Waals surface area contributed by atoms with Gasteiger partial charge in [0.2, 0.25) is 0 Å². The maximum atomic E-state index is 11.4. The Morgan fingerprint density at radius 1 is 0.778 bits per heavy atom. The largest absolute Gasteiger partial charge is 0.492 e. The molecule has 7 nitrogen and oxygen atoms in total. The number of carbonyl (C=O) groups is 1. The Morgan fingerprint density at radius 2 is 1.22 bits per heavy atom. The lowest BCUT2D eigenvalue weighted by Crippen LogP contribution is -2.38. The first kappa shape index (κ1) is 28.0. The summed E-state index contributed by atoms with van der Waals surface area (Å²) in [5, 5.41) is 9.06. The summed E-state index contributed by atoms with van der Waals surface area (Å²) in [6.07, 6.45) is 4.00. The zero-order valence-corrected chi connectivity index (χ0v) is 21.6. The molecule has 2 aromatic rings. The van der Waals surface area contributed by atoms with Gasteiger partial charge in [0.25, 0.3) is 0 Å². The van der Waals surface area contributed by atoms with Crippen molar-refractivity contribution >= 4 is 5.97 Å². The van der Waals surface area contributed by atoms with Gasteiger partial charge in [-0.15, -0.1) is 0 Å². The summed E-state index contributed by atoms with van der Waals surface area (Å²) in [7, 11) is 1.46. The molecule has 2 fully saturated rings. The maximum Gasteiger partial charge on any atom is 0.308 e. The van der Waals surface area contributed by atoms with Crippen molar-refractivity contribution in [1.29, 1.82) is 0 Å². The van der Waals surface area contributed by atoms with Crippen molar-refractivity contribution < 1.29 is 24.1 Å². The Balaban J connectivity index is 0.000000202. The third kappa shape index (κ3) is 10.2. The lowest BCUT2D eigenvalue weighted by molar-refractivity contribution is -0.147. The van der Waals surface area contributed by atoms with Gasteiger partial charge in [0.05, 0.1) is 13.0 Å². The summed E-state index contributed by atoms with van der Waals surface area (Å²) < 4.78 is 16.1. The molecule has 2 aliphatic rings. The van der Waals surface area contributed by atoms with E-state index in [1.54, 1.807) is 0 Å². The number of aliphatic hydroxyl groups excluding tert-OH is 1. The van der Waals surface area contributed by atoms with Crippen LogP contribution in [0.3, 0.4) is 0 Å². The first-order valence-corrected chi connectivity index (χ1v) is 13.2. The predicted molar refractivity (Wildman–Crippen MR) is 141 cm³/mol. The number of esters is 1. The Bertz CT molecular complexity index is 835. The number of benzene rings is 2.